The Morgan fingerprint density at radius 2 is 1.76 bits per heavy atom. The number of pyridine rings is 2. The van der Waals surface area contributed by atoms with Gasteiger partial charge in [-0.1, -0.05) is 24.3 Å². The monoisotopic (exact) mass is 329 g/mol. The number of para-hydroxylation sites is 1. The van der Waals surface area contributed by atoms with Crippen LogP contribution in [0.25, 0.3) is 11.0 Å². The number of anilines is 1. The van der Waals surface area contributed by atoms with Gasteiger partial charge in [-0.3, -0.25) is 0 Å². The van der Waals surface area contributed by atoms with Gasteiger partial charge in [0.05, 0.1) is 5.39 Å². The molecule has 0 amide bonds. The lowest BCUT2D eigenvalue weighted by molar-refractivity contribution is 0.462. The van der Waals surface area contributed by atoms with E-state index in [0.717, 1.165) is 22.5 Å². The highest BCUT2D eigenvalue weighted by molar-refractivity contribution is 5.85. The van der Waals surface area contributed by atoms with Crippen LogP contribution in [0, 0.1) is 0 Å². The van der Waals surface area contributed by atoms with Gasteiger partial charge in [0.1, 0.15) is 17.9 Å². The van der Waals surface area contributed by atoms with Crippen molar-refractivity contribution in [2.24, 2.45) is 0 Å². The first kappa shape index (κ1) is 15.0. The molecule has 0 radical (unpaired) electrons. The van der Waals surface area contributed by atoms with E-state index in [-0.39, 0.29) is 0 Å². The third-order valence-electron chi connectivity index (χ3n) is 3.63. The molecule has 0 unspecified atom stereocenters. The Kier molecular flexibility index (Phi) is 4.16. The van der Waals surface area contributed by atoms with Gasteiger partial charge in [0.25, 0.3) is 0 Å². The molecule has 0 aliphatic heterocycles. The average Bonchev–Trinajstić information content (AvgIpc) is 2.68. The van der Waals surface area contributed by atoms with Crippen molar-refractivity contribution in [2.75, 3.05) is 5.32 Å². The zero-order valence-electron chi connectivity index (χ0n) is 13.3. The minimum absolute atomic E-state index is 0.562. The minimum atomic E-state index is 0.562. The summed E-state index contributed by atoms with van der Waals surface area (Å²) in [6, 6.07) is 17.2. The molecule has 4 rings (SSSR count). The first-order chi connectivity index (χ1) is 12.4. The van der Waals surface area contributed by atoms with Crippen molar-refractivity contribution < 1.29 is 4.74 Å². The van der Waals surface area contributed by atoms with Gasteiger partial charge >= 0.3 is 0 Å². The van der Waals surface area contributed by atoms with Gasteiger partial charge in [-0.25, -0.2) is 19.9 Å². The van der Waals surface area contributed by atoms with E-state index in [2.05, 4.69) is 25.3 Å². The van der Waals surface area contributed by atoms with Crippen molar-refractivity contribution in [3.63, 3.8) is 0 Å². The van der Waals surface area contributed by atoms with E-state index < -0.39 is 0 Å². The summed E-state index contributed by atoms with van der Waals surface area (Å²) in [7, 11) is 0. The lowest BCUT2D eigenvalue weighted by Gasteiger charge is -2.08. The Hall–Kier alpha value is -3.54. The van der Waals surface area contributed by atoms with E-state index >= 15 is 0 Å². The van der Waals surface area contributed by atoms with Gasteiger partial charge < -0.3 is 10.1 Å². The lowest BCUT2D eigenvalue weighted by Crippen LogP contribution is -2.03. The van der Waals surface area contributed by atoms with Crippen LogP contribution in [0.3, 0.4) is 0 Å². The van der Waals surface area contributed by atoms with Gasteiger partial charge in [-0.15, -0.1) is 0 Å². The third kappa shape index (κ3) is 3.53. The molecule has 0 bridgehead atoms. The molecule has 1 aromatic carbocycles. The number of fused-ring (bicyclic) bond motifs is 1. The number of hydrogen-bond acceptors (Lipinski definition) is 6. The Bertz CT molecular complexity index is 968. The first-order valence-corrected chi connectivity index (χ1v) is 7.86. The number of ether oxygens (including phenoxy) is 1. The molecule has 122 valence electrons. The maximum atomic E-state index is 5.69. The molecular weight excluding hydrogens is 314 g/mol. The van der Waals surface area contributed by atoms with Crippen molar-refractivity contribution in [3.8, 4) is 11.6 Å². The maximum absolute atomic E-state index is 5.69. The van der Waals surface area contributed by atoms with E-state index in [1.165, 1.54) is 6.33 Å². The zero-order chi connectivity index (χ0) is 16.9. The number of aromatic nitrogens is 4. The van der Waals surface area contributed by atoms with E-state index in [0.29, 0.717) is 18.1 Å². The van der Waals surface area contributed by atoms with Crippen molar-refractivity contribution in [1.82, 2.24) is 19.9 Å². The van der Waals surface area contributed by atoms with Gasteiger partial charge in [0.2, 0.25) is 5.88 Å². The summed E-state index contributed by atoms with van der Waals surface area (Å²) in [4.78, 5) is 17.0. The van der Waals surface area contributed by atoms with Crippen LogP contribution in [0.2, 0.25) is 0 Å². The van der Waals surface area contributed by atoms with Crippen LogP contribution in [0.4, 0.5) is 5.82 Å². The summed E-state index contributed by atoms with van der Waals surface area (Å²) >= 11 is 0. The molecule has 6 heteroatoms. The predicted molar refractivity (Wildman–Crippen MR) is 95.4 cm³/mol. The molecule has 0 saturated heterocycles. The number of rotatable bonds is 5. The molecule has 25 heavy (non-hydrogen) atoms. The van der Waals surface area contributed by atoms with E-state index in [4.69, 9.17) is 4.74 Å². The Labute approximate surface area is 144 Å². The largest absolute Gasteiger partial charge is 0.439 e. The molecule has 0 saturated carbocycles. The van der Waals surface area contributed by atoms with Crippen molar-refractivity contribution in [1.29, 1.82) is 0 Å². The fourth-order valence-corrected chi connectivity index (χ4v) is 2.41. The van der Waals surface area contributed by atoms with Crippen LogP contribution < -0.4 is 10.1 Å². The van der Waals surface area contributed by atoms with E-state index in [1.54, 1.807) is 12.4 Å². The number of nitrogens with one attached hydrogen (secondary N) is 1. The standard InChI is InChI=1S/C19H15N5O/c1-2-5-15(6-3-1)25-17-9-8-14(11-21-17)12-22-19-16-7-4-10-20-18(16)23-13-24-19/h1-11,13H,12H2,(H,20,22,23,24). The van der Waals surface area contributed by atoms with E-state index in [1.807, 2.05) is 54.6 Å². The Morgan fingerprint density at radius 3 is 2.60 bits per heavy atom. The normalized spacial score (nSPS) is 10.6. The summed E-state index contributed by atoms with van der Waals surface area (Å²) in [6.07, 6.45) is 5.01. The first-order valence-electron chi connectivity index (χ1n) is 7.86. The summed E-state index contributed by atoms with van der Waals surface area (Å²) < 4.78 is 5.69. The van der Waals surface area contributed by atoms with Crippen LogP contribution in [0.5, 0.6) is 11.6 Å². The zero-order valence-corrected chi connectivity index (χ0v) is 13.3. The second-order valence-corrected chi connectivity index (χ2v) is 5.37. The quantitative estimate of drug-likeness (QED) is 0.600. The fraction of sp³-hybridized carbons (Fsp3) is 0.0526. The number of hydrogen-bond donors (Lipinski definition) is 1. The fourth-order valence-electron chi connectivity index (χ4n) is 2.41. The molecular formula is C19H15N5O. The van der Waals surface area contributed by atoms with Crippen molar-refractivity contribution >= 4 is 16.9 Å². The molecule has 0 atom stereocenters. The predicted octanol–water partition coefficient (Wildman–Crippen LogP) is 3.82. The van der Waals surface area contributed by atoms with Crippen molar-refractivity contribution in [3.05, 3.63) is 78.9 Å². The Balaban J connectivity index is 1.44. The van der Waals surface area contributed by atoms with Crippen LogP contribution in [-0.4, -0.2) is 19.9 Å². The van der Waals surface area contributed by atoms with Crippen LogP contribution >= 0.6 is 0 Å². The Morgan fingerprint density at radius 1 is 0.840 bits per heavy atom. The smallest absolute Gasteiger partial charge is 0.219 e. The maximum Gasteiger partial charge on any atom is 0.219 e. The highest BCUT2D eigenvalue weighted by Crippen LogP contribution is 2.20. The molecule has 0 spiro atoms. The summed E-state index contributed by atoms with van der Waals surface area (Å²) in [5.74, 6) is 2.08. The van der Waals surface area contributed by atoms with Crippen LogP contribution in [0.1, 0.15) is 5.56 Å². The molecule has 1 N–H and O–H groups in total. The second kappa shape index (κ2) is 6.92. The van der Waals surface area contributed by atoms with Crippen LogP contribution in [0.15, 0.2) is 73.3 Å². The molecule has 3 heterocycles. The number of benzene rings is 1. The molecule has 0 aliphatic carbocycles. The van der Waals surface area contributed by atoms with Gasteiger partial charge in [0.15, 0.2) is 5.65 Å². The lowest BCUT2D eigenvalue weighted by atomic mass is 10.2. The van der Waals surface area contributed by atoms with E-state index in [9.17, 15) is 0 Å². The second-order valence-electron chi connectivity index (χ2n) is 5.37. The highest BCUT2D eigenvalue weighted by Gasteiger charge is 2.04. The molecule has 3 aromatic heterocycles. The van der Waals surface area contributed by atoms with Gasteiger partial charge in [0, 0.05) is 25.0 Å². The molecule has 0 fully saturated rings. The third-order valence-corrected chi connectivity index (χ3v) is 3.63. The molecule has 0 aliphatic rings. The average molecular weight is 329 g/mol. The summed E-state index contributed by atoms with van der Waals surface area (Å²) in [5.41, 5.74) is 1.70. The minimum Gasteiger partial charge on any atom is -0.439 e. The summed E-state index contributed by atoms with van der Waals surface area (Å²) in [6.45, 7) is 0.597. The summed E-state index contributed by atoms with van der Waals surface area (Å²) in [5, 5.41) is 4.19. The van der Waals surface area contributed by atoms with Gasteiger partial charge in [-0.2, -0.15) is 0 Å². The number of nitrogens with zero attached hydrogens (tertiary/aromatic N) is 4. The van der Waals surface area contributed by atoms with Crippen molar-refractivity contribution in [2.45, 2.75) is 6.54 Å². The highest BCUT2D eigenvalue weighted by atomic mass is 16.5. The van der Waals surface area contributed by atoms with Crippen LogP contribution in [-0.2, 0) is 6.54 Å². The molecule has 4 aromatic rings. The molecule has 6 nitrogen and oxygen atoms in total. The topological polar surface area (TPSA) is 72.8 Å². The SMILES string of the molecule is c1ccc(Oc2ccc(CNc3ncnc4ncccc34)cn2)cc1. The van der Waals surface area contributed by atoms with Gasteiger partial charge in [-0.05, 0) is 29.8 Å².